The smallest absolute Gasteiger partial charge is 0.329 e. The van der Waals surface area contributed by atoms with Gasteiger partial charge in [-0.05, 0) is 124 Å². The van der Waals surface area contributed by atoms with Gasteiger partial charge in [0.1, 0.15) is 17.3 Å². The Balaban J connectivity index is 0.777. The van der Waals surface area contributed by atoms with Gasteiger partial charge in [-0.2, -0.15) is 0 Å². The number of anilines is 1. The largest absolute Gasteiger partial charge is 0.381 e. The van der Waals surface area contributed by atoms with Crippen molar-refractivity contribution in [3.05, 3.63) is 97.6 Å². The van der Waals surface area contributed by atoms with Gasteiger partial charge in [0.05, 0.1) is 22.1 Å². The van der Waals surface area contributed by atoms with Crippen LogP contribution in [0, 0.1) is 29.5 Å². The molecule has 6 aliphatic rings. The number of rotatable bonds is 6. The molecule has 3 aromatic carbocycles. The third-order valence-corrected chi connectivity index (χ3v) is 15.8. The van der Waals surface area contributed by atoms with Crippen LogP contribution >= 0.6 is 23.2 Å². The minimum absolute atomic E-state index is 0.0604. The lowest BCUT2D eigenvalue weighted by atomic mass is 9.57. The molecule has 2 spiro atoms. The Hall–Kier alpha value is -5.04. The third-order valence-electron chi connectivity index (χ3n) is 15.3. The summed E-state index contributed by atoms with van der Waals surface area (Å²) in [7, 11) is 1.68. The molecule has 5 aliphatic heterocycles. The average Bonchev–Trinajstić information content (AvgIpc) is 3.85. The number of nitrogens with one attached hydrogen (secondary N) is 4. The average molecular weight is 925 g/mol. The molecule has 4 aromatic rings. The summed E-state index contributed by atoms with van der Waals surface area (Å²) in [4.78, 5) is 69.4. The molecule has 1 aromatic heterocycles. The van der Waals surface area contributed by atoms with E-state index in [1.54, 1.807) is 31.3 Å². The molecule has 1 aliphatic carbocycles. The van der Waals surface area contributed by atoms with E-state index in [2.05, 4.69) is 38.0 Å². The molecule has 0 bridgehead atoms. The van der Waals surface area contributed by atoms with Crippen LogP contribution in [0.25, 0.3) is 11.0 Å². The standard InChI is InChI=1S/C49H52Cl2FN7O6/c1-57-39-25-29(9-14-37(39)59(47(57)64)38-15-16-40(60)55-44(38)61)6-5-28-17-21-58(22-18-28)27-30-7-11-32(12-8-30)53-45(62)43-41(33-3-2-4-35(51)42(33)52)49(48(56-43)19-23-65-24-20-48)34-13-10-31(50)26-36(34)54-46(49)63/h2-4,9-10,13-14,25-26,28,30,32,38,41,43,56H,7-8,11-12,15-24,27H2,1H3,(H,53,62)(H,54,63)(H,55,60,61)/t30?,32?,38?,41-,43+,49+/m0/s1. The maximum Gasteiger partial charge on any atom is 0.329 e. The molecule has 4 amide bonds. The van der Waals surface area contributed by atoms with Crippen molar-refractivity contribution in [1.82, 2.24) is 30.0 Å². The van der Waals surface area contributed by atoms with Crippen molar-refractivity contribution in [3.8, 4) is 11.8 Å². The quantitative estimate of drug-likeness (QED) is 0.142. The number of imide groups is 1. The predicted molar refractivity (Wildman–Crippen MR) is 244 cm³/mol. The fourth-order valence-electron chi connectivity index (χ4n) is 12.0. The molecule has 0 radical (unpaired) electrons. The van der Waals surface area contributed by atoms with Crippen molar-refractivity contribution in [3.63, 3.8) is 0 Å². The number of nitrogens with zero attached hydrogens (tertiary/aromatic N) is 3. The summed E-state index contributed by atoms with van der Waals surface area (Å²) in [6.07, 6.45) is 6.85. The number of halogens is 3. The van der Waals surface area contributed by atoms with Crippen molar-refractivity contribution in [2.75, 3.05) is 38.2 Å². The fourth-order valence-corrected chi connectivity index (χ4v) is 12.4. The van der Waals surface area contributed by atoms with E-state index in [1.807, 2.05) is 24.3 Å². The van der Waals surface area contributed by atoms with E-state index in [1.165, 1.54) is 15.2 Å². The summed E-state index contributed by atoms with van der Waals surface area (Å²) < 4.78 is 25.1. The monoisotopic (exact) mass is 923 g/mol. The first kappa shape index (κ1) is 43.8. The molecule has 10 rings (SSSR count). The van der Waals surface area contributed by atoms with Crippen molar-refractivity contribution in [1.29, 1.82) is 0 Å². The number of likely N-dealkylation sites (tertiary alicyclic amines) is 1. The minimum atomic E-state index is -1.34. The first-order chi connectivity index (χ1) is 31.4. The number of fused-ring (bicyclic) bond motifs is 4. The third kappa shape index (κ3) is 7.57. The van der Waals surface area contributed by atoms with E-state index in [-0.39, 0.29) is 58.8 Å². The number of carbonyl (C=O) groups excluding carboxylic acids is 4. The Labute approximate surface area is 386 Å². The van der Waals surface area contributed by atoms with Gasteiger partial charge in [0.2, 0.25) is 23.6 Å². The summed E-state index contributed by atoms with van der Waals surface area (Å²) in [5.74, 6) is 4.67. The zero-order valence-electron chi connectivity index (χ0n) is 36.2. The van der Waals surface area contributed by atoms with Crippen LogP contribution < -0.4 is 27.0 Å². The number of imidazole rings is 1. The summed E-state index contributed by atoms with van der Waals surface area (Å²) in [6.45, 7) is 3.65. The summed E-state index contributed by atoms with van der Waals surface area (Å²) in [5.41, 5.74) is 1.05. The summed E-state index contributed by atoms with van der Waals surface area (Å²) >= 11 is 12.8. The zero-order valence-corrected chi connectivity index (χ0v) is 37.7. The SMILES string of the molecule is Cn1c(=O)n(C2CCC(=O)NC2=O)c2ccc(C#CC3CCN(CC4CCC(NC(=O)[C@@H]5NC6(CCOCC6)[C@@]6(C(=O)Nc7cc(Cl)ccc76)[C@H]5c5cccc(Cl)c5F)CC4)CC3)cc21. The molecule has 4 N–H and O–H groups in total. The highest BCUT2D eigenvalue weighted by atomic mass is 35.5. The van der Waals surface area contributed by atoms with Crippen LogP contribution in [0.1, 0.15) is 92.9 Å². The fraction of sp³-hybridized carbons (Fsp3) is 0.490. The highest BCUT2D eigenvalue weighted by molar-refractivity contribution is 6.31. The van der Waals surface area contributed by atoms with Crippen molar-refractivity contribution in [2.24, 2.45) is 18.9 Å². The van der Waals surface area contributed by atoms with Crippen LogP contribution in [0.4, 0.5) is 10.1 Å². The van der Waals surface area contributed by atoms with Crippen molar-refractivity contribution < 1.29 is 28.3 Å². The lowest BCUT2D eigenvalue weighted by Gasteiger charge is -2.46. The normalized spacial score (nSPS) is 27.9. The van der Waals surface area contributed by atoms with Crippen LogP contribution in [-0.2, 0) is 36.4 Å². The number of benzene rings is 3. The first-order valence-electron chi connectivity index (χ1n) is 22.9. The van der Waals surface area contributed by atoms with Crippen molar-refractivity contribution >= 4 is 63.6 Å². The van der Waals surface area contributed by atoms with Gasteiger partial charge in [0.25, 0.3) is 0 Å². The van der Waals surface area contributed by atoms with Gasteiger partial charge in [0, 0.05) is 72.9 Å². The molecular weight excluding hydrogens is 872 g/mol. The van der Waals surface area contributed by atoms with E-state index >= 15 is 4.39 Å². The Morgan fingerprint density at radius 2 is 1.69 bits per heavy atom. The van der Waals surface area contributed by atoms with Gasteiger partial charge in [-0.25, -0.2) is 9.18 Å². The zero-order chi connectivity index (χ0) is 45.2. The maximum absolute atomic E-state index is 16.3. The molecule has 4 saturated heterocycles. The number of hydrogen-bond acceptors (Lipinski definition) is 8. The van der Waals surface area contributed by atoms with Gasteiger partial charge in [-0.1, -0.05) is 53.2 Å². The number of aromatic nitrogens is 2. The number of carbonyl (C=O) groups is 4. The highest BCUT2D eigenvalue weighted by Gasteiger charge is 2.72. The second-order valence-corrected chi connectivity index (χ2v) is 19.7. The molecule has 340 valence electrons. The minimum Gasteiger partial charge on any atom is -0.381 e. The van der Waals surface area contributed by atoms with Gasteiger partial charge in [-0.15, -0.1) is 0 Å². The van der Waals surface area contributed by atoms with E-state index in [0.29, 0.717) is 59.3 Å². The van der Waals surface area contributed by atoms with Crippen molar-refractivity contribution in [2.45, 2.75) is 99.2 Å². The van der Waals surface area contributed by atoms with Gasteiger partial charge in [-0.3, -0.25) is 38.9 Å². The molecule has 13 nitrogen and oxygen atoms in total. The van der Waals surface area contributed by atoms with E-state index in [4.69, 9.17) is 27.9 Å². The van der Waals surface area contributed by atoms with Crippen LogP contribution in [-0.4, -0.2) is 88.1 Å². The number of piperidine rings is 2. The van der Waals surface area contributed by atoms with Gasteiger partial charge < -0.3 is 20.3 Å². The van der Waals surface area contributed by atoms with Gasteiger partial charge >= 0.3 is 5.69 Å². The van der Waals surface area contributed by atoms with Crippen LogP contribution in [0.15, 0.2) is 59.4 Å². The Kier molecular flexibility index (Phi) is 11.7. The van der Waals surface area contributed by atoms with Crippen LogP contribution in [0.2, 0.25) is 10.0 Å². The molecule has 4 atom stereocenters. The van der Waals surface area contributed by atoms with Crippen LogP contribution in [0.3, 0.4) is 0 Å². The number of aryl methyl sites for hydroxylation is 1. The Bertz CT molecular complexity index is 2720. The second kappa shape index (κ2) is 17.3. The number of amides is 4. The Morgan fingerprint density at radius 3 is 2.45 bits per heavy atom. The first-order valence-corrected chi connectivity index (χ1v) is 23.6. The lowest BCUT2D eigenvalue weighted by Crippen LogP contribution is -2.62. The number of ether oxygens (including phenoxy) is 1. The van der Waals surface area contributed by atoms with Crippen LogP contribution in [0.5, 0.6) is 0 Å². The van der Waals surface area contributed by atoms with E-state index in [9.17, 15) is 24.0 Å². The topological polar surface area (TPSA) is 156 Å². The molecule has 1 saturated carbocycles. The summed E-state index contributed by atoms with van der Waals surface area (Å²) in [6, 6.07) is 14.0. The maximum atomic E-state index is 16.3. The molecule has 16 heteroatoms. The second-order valence-electron chi connectivity index (χ2n) is 18.8. The van der Waals surface area contributed by atoms with E-state index < -0.39 is 40.7 Å². The molecule has 65 heavy (non-hydrogen) atoms. The highest BCUT2D eigenvalue weighted by Crippen LogP contribution is 2.62. The molecular formula is C49H52Cl2FN7O6. The predicted octanol–water partition coefficient (Wildman–Crippen LogP) is 5.70. The van der Waals surface area contributed by atoms with E-state index in [0.717, 1.165) is 63.7 Å². The molecule has 6 heterocycles. The van der Waals surface area contributed by atoms with Gasteiger partial charge in [0.15, 0.2) is 0 Å². The Morgan fingerprint density at radius 1 is 0.923 bits per heavy atom. The number of hydrogen-bond donors (Lipinski definition) is 4. The molecule has 1 unspecified atom stereocenters. The molecule has 5 fully saturated rings. The lowest BCUT2D eigenvalue weighted by molar-refractivity contribution is -0.136. The summed E-state index contributed by atoms with van der Waals surface area (Å²) in [5, 5.41) is 12.8.